The number of carboxylic acids is 1. The van der Waals surface area contributed by atoms with E-state index in [0.29, 0.717) is 30.8 Å². The van der Waals surface area contributed by atoms with Gasteiger partial charge in [-0.1, -0.05) is 13.3 Å². The molecule has 1 saturated heterocycles. The zero-order valence-electron chi connectivity index (χ0n) is 14.2. The van der Waals surface area contributed by atoms with Crippen LogP contribution in [0.5, 0.6) is 0 Å². The van der Waals surface area contributed by atoms with Gasteiger partial charge in [-0.3, -0.25) is 9.59 Å². The van der Waals surface area contributed by atoms with E-state index in [1.165, 1.54) is 0 Å². The van der Waals surface area contributed by atoms with Crippen LogP contribution in [-0.2, 0) is 9.59 Å². The van der Waals surface area contributed by atoms with E-state index < -0.39 is 11.4 Å². The molecule has 0 aromatic heterocycles. The summed E-state index contributed by atoms with van der Waals surface area (Å²) in [6, 6.07) is 6.60. The van der Waals surface area contributed by atoms with Crippen molar-refractivity contribution in [2.45, 2.75) is 32.6 Å². The molecule has 134 valence electrons. The van der Waals surface area contributed by atoms with Crippen molar-refractivity contribution >= 4 is 29.3 Å². The number of carbonyl (C=O) groups is 3. The Labute approximate surface area is 146 Å². The highest BCUT2D eigenvalue weighted by Gasteiger charge is 2.55. The third-order valence-electron chi connectivity index (χ3n) is 5.32. The van der Waals surface area contributed by atoms with Gasteiger partial charge in [0.1, 0.15) is 0 Å². The largest absolute Gasteiger partial charge is 0.481 e. The lowest BCUT2D eigenvalue weighted by atomic mass is 9.81. The smallest absolute Gasteiger partial charge is 0.321 e. The summed E-state index contributed by atoms with van der Waals surface area (Å²) in [5, 5.41) is 15.1. The maximum Gasteiger partial charge on any atom is 0.321 e. The maximum absolute atomic E-state index is 12.5. The highest BCUT2D eigenvalue weighted by molar-refractivity contribution is 5.92. The number of aliphatic carboxylic acids is 1. The van der Waals surface area contributed by atoms with Crippen molar-refractivity contribution in [1.29, 1.82) is 0 Å². The molecule has 2 aliphatic rings. The van der Waals surface area contributed by atoms with Gasteiger partial charge in [0.2, 0.25) is 5.91 Å². The lowest BCUT2D eigenvalue weighted by Crippen LogP contribution is -2.38. The number of hydrogen-bond acceptors (Lipinski definition) is 3. The monoisotopic (exact) mass is 345 g/mol. The number of carbonyl (C=O) groups excluding carboxylic acids is 2. The van der Waals surface area contributed by atoms with E-state index in [4.69, 9.17) is 0 Å². The number of fused-ring (bicyclic) bond motifs is 1. The second-order valence-electron chi connectivity index (χ2n) is 6.84. The molecule has 1 aliphatic heterocycles. The Hall–Kier alpha value is -2.57. The molecule has 0 bridgehead atoms. The summed E-state index contributed by atoms with van der Waals surface area (Å²) < 4.78 is 0. The first-order valence-corrected chi connectivity index (χ1v) is 8.64. The van der Waals surface area contributed by atoms with E-state index in [-0.39, 0.29) is 24.4 Å². The van der Waals surface area contributed by atoms with Crippen molar-refractivity contribution in [3.63, 3.8) is 0 Å². The molecule has 3 amide bonds. The third kappa shape index (κ3) is 3.31. The standard InChI is InChI=1S/C18H23N3O4/c1-2-15(22)19-13-5-7-14(8-6-13)20-17(25)21-10-12-4-3-9-18(12,11-21)16(23)24/h5-8,12H,2-4,9-11H2,1H3,(H,19,22)(H,20,25)(H,23,24)/t12-,18+/m0/s1. The fourth-order valence-corrected chi connectivity index (χ4v) is 3.88. The van der Waals surface area contributed by atoms with Crippen molar-refractivity contribution in [3.8, 4) is 0 Å². The Morgan fingerprint density at radius 1 is 1.20 bits per heavy atom. The minimum Gasteiger partial charge on any atom is -0.481 e. The third-order valence-corrected chi connectivity index (χ3v) is 5.32. The average molecular weight is 345 g/mol. The van der Waals surface area contributed by atoms with E-state index in [1.807, 2.05) is 0 Å². The summed E-state index contributed by atoms with van der Waals surface area (Å²) in [7, 11) is 0. The highest BCUT2D eigenvalue weighted by atomic mass is 16.4. The number of carboxylic acid groups (broad SMARTS) is 1. The highest BCUT2D eigenvalue weighted by Crippen LogP contribution is 2.48. The summed E-state index contributed by atoms with van der Waals surface area (Å²) in [5.74, 6) is -0.817. The van der Waals surface area contributed by atoms with Crippen LogP contribution < -0.4 is 10.6 Å². The fraction of sp³-hybridized carbons (Fsp3) is 0.500. The molecular weight excluding hydrogens is 322 g/mol. The van der Waals surface area contributed by atoms with Crippen LogP contribution in [0, 0.1) is 11.3 Å². The van der Waals surface area contributed by atoms with Gasteiger partial charge in [-0.05, 0) is 43.0 Å². The molecule has 1 aliphatic carbocycles. The van der Waals surface area contributed by atoms with Crippen molar-refractivity contribution in [2.24, 2.45) is 11.3 Å². The molecule has 2 atom stereocenters. The fourth-order valence-electron chi connectivity index (χ4n) is 3.88. The van der Waals surface area contributed by atoms with Crippen LogP contribution in [0.2, 0.25) is 0 Å². The Bertz CT molecular complexity index is 688. The van der Waals surface area contributed by atoms with Crippen molar-refractivity contribution in [3.05, 3.63) is 24.3 Å². The molecule has 2 fully saturated rings. The summed E-state index contributed by atoms with van der Waals surface area (Å²) in [4.78, 5) is 37.1. The molecule has 3 N–H and O–H groups in total. The van der Waals surface area contributed by atoms with E-state index in [1.54, 1.807) is 36.1 Å². The number of rotatable bonds is 4. The predicted octanol–water partition coefficient (Wildman–Crippen LogP) is 2.75. The number of benzene rings is 1. The number of nitrogens with zero attached hydrogens (tertiary/aromatic N) is 1. The predicted molar refractivity (Wildman–Crippen MR) is 93.4 cm³/mol. The van der Waals surface area contributed by atoms with Crippen LogP contribution >= 0.6 is 0 Å². The zero-order chi connectivity index (χ0) is 18.0. The first-order valence-electron chi connectivity index (χ1n) is 8.64. The van der Waals surface area contributed by atoms with E-state index in [0.717, 1.165) is 12.8 Å². The van der Waals surface area contributed by atoms with Crippen molar-refractivity contribution in [2.75, 3.05) is 23.7 Å². The summed E-state index contributed by atoms with van der Waals surface area (Å²) >= 11 is 0. The Morgan fingerprint density at radius 2 is 1.84 bits per heavy atom. The molecule has 0 unspecified atom stereocenters. The second kappa shape index (κ2) is 6.74. The first-order chi connectivity index (χ1) is 11.9. The van der Waals surface area contributed by atoms with Crippen LogP contribution in [0.3, 0.4) is 0 Å². The van der Waals surface area contributed by atoms with Crippen LogP contribution in [0.1, 0.15) is 32.6 Å². The molecular formula is C18H23N3O4. The number of likely N-dealkylation sites (tertiary alicyclic amines) is 1. The lowest BCUT2D eigenvalue weighted by Gasteiger charge is -2.23. The van der Waals surface area contributed by atoms with E-state index >= 15 is 0 Å². The van der Waals surface area contributed by atoms with Crippen LogP contribution in [0.15, 0.2) is 24.3 Å². The number of urea groups is 1. The van der Waals surface area contributed by atoms with Gasteiger partial charge in [0, 0.05) is 30.9 Å². The van der Waals surface area contributed by atoms with Crippen molar-refractivity contribution in [1.82, 2.24) is 4.90 Å². The second-order valence-corrected chi connectivity index (χ2v) is 6.84. The summed E-state index contributed by atoms with van der Waals surface area (Å²) in [6.07, 6.45) is 2.82. The topological polar surface area (TPSA) is 98.7 Å². The zero-order valence-corrected chi connectivity index (χ0v) is 14.2. The van der Waals surface area contributed by atoms with Gasteiger partial charge in [0.15, 0.2) is 0 Å². The Balaban J connectivity index is 1.61. The molecule has 7 nitrogen and oxygen atoms in total. The van der Waals surface area contributed by atoms with E-state index in [9.17, 15) is 19.5 Å². The van der Waals surface area contributed by atoms with Crippen molar-refractivity contribution < 1.29 is 19.5 Å². The molecule has 7 heteroatoms. The number of nitrogens with one attached hydrogen (secondary N) is 2. The first kappa shape index (κ1) is 17.3. The molecule has 25 heavy (non-hydrogen) atoms. The normalized spacial score (nSPS) is 24.7. The SMILES string of the molecule is CCC(=O)Nc1ccc(NC(=O)N2C[C@@H]3CCC[C@@]3(C(=O)O)C2)cc1. The molecule has 3 rings (SSSR count). The van der Waals surface area contributed by atoms with Gasteiger partial charge < -0.3 is 20.6 Å². The average Bonchev–Trinajstić information content (AvgIpc) is 3.15. The number of hydrogen-bond donors (Lipinski definition) is 3. The van der Waals surface area contributed by atoms with Crippen LogP contribution in [0.4, 0.5) is 16.2 Å². The summed E-state index contributed by atoms with van der Waals surface area (Å²) in [5.41, 5.74) is 0.511. The lowest BCUT2D eigenvalue weighted by molar-refractivity contribution is -0.149. The molecule has 0 spiro atoms. The molecule has 1 saturated carbocycles. The minimum atomic E-state index is -0.790. The van der Waals surface area contributed by atoms with Crippen LogP contribution in [-0.4, -0.2) is 41.0 Å². The Morgan fingerprint density at radius 3 is 2.40 bits per heavy atom. The summed E-state index contributed by atoms with van der Waals surface area (Å²) in [6.45, 7) is 2.53. The molecule has 0 radical (unpaired) electrons. The molecule has 1 aromatic rings. The van der Waals surface area contributed by atoms with E-state index in [2.05, 4.69) is 10.6 Å². The quantitative estimate of drug-likeness (QED) is 0.781. The number of amides is 3. The van der Waals surface area contributed by atoms with Gasteiger partial charge in [-0.25, -0.2) is 4.79 Å². The number of anilines is 2. The van der Waals surface area contributed by atoms with Gasteiger partial charge in [-0.2, -0.15) is 0 Å². The Kier molecular flexibility index (Phi) is 4.65. The minimum absolute atomic E-state index is 0.0439. The van der Waals surface area contributed by atoms with Gasteiger partial charge in [-0.15, -0.1) is 0 Å². The van der Waals surface area contributed by atoms with Gasteiger partial charge in [0.05, 0.1) is 5.41 Å². The molecule has 1 heterocycles. The van der Waals surface area contributed by atoms with Gasteiger partial charge >= 0.3 is 12.0 Å². The molecule has 1 aromatic carbocycles. The van der Waals surface area contributed by atoms with Gasteiger partial charge in [0.25, 0.3) is 0 Å². The van der Waals surface area contributed by atoms with Crippen LogP contribution in [0.25, 0.3) is 0 Å². The maximum atomic E-state index is 12.5.